The lowest BCUT2D eigenvalue weighted by Crippen LogP contribution is -2.18. The summed E-state index contributed by atoms with van der Waals surface area (Å²) in [7, 11) is 0. The molecule has 0 bridgehead atoms. The van der Waals surface area contributed by atoms with Crippen molar-refractivity contribution in [2.75, 3.05) is 4.43 Å². The van der Waals surface area contributed by atoms with Crippen LogP contribution in [-0.4, -0.2) is 16.5 Å². The van der Waals surface area contributed by atoms with E-state index < -0.39 is 0 Å². The maximum absolute atomic E-state index is 11.2. The number of hydrogen-bond donors (Lipinski definition) is 0. The van der Waals surface area contributed by atoms with Gasteiger partial charge in [0, 0.05) is 10.5 Å². The predicted octanol–water partition coefficient (Wildman–Crippen LogP) is 2.85. The van der Waals surface area contributed by atoms with Gasteiger partial charge in [-0.2, -0.15) is 0 Å². The molecule has 0 aromatic heterocycles. The Kier molecular flexibility index (Phi) is 5.43. The normalized spacial score (nSPS) is 27.8. The summed E-state index contributed by atoms with van der Waals surface area (Å²) in [6.07, 6.45) is 9.23. The minimum absolute atomic E-state index is 0.121. The van der Waals surface area contributed by atoms with E-state index in [1.807, 2.05) is 6.08 Å². The summed E-state index contributed by atoms with van der Waals surface area (Å²) in [6, 6.07) is 0. The van der Waals surface area contributed by atoms with Gasteiger partial charge in [-0.15, -0.1) is 0 Å². The molecule has 0 saturated heterocycles. The third-order valence-corrected chi connectivity index (χ3v) is 3.09. The van der Waals surface area contributed by atoms with Crippen LogP contribution in [0.3, 0.4) is 0 Å². The van der Waals surface area contributed by atoms with E-state index in [0.717, 1.165) is 17.3 Å². The molecule has 0 saturated carbocycles. The van der Waals surface area contributed by atoms with E-state index in [-0.39, 0.29) is 12.1 Å². The Morgan fingerprint density at radius 1 is 1.46 bits per heavy atom. The van der Waals surface area contributed by atoms with E-state index in [4.69, 9.17) is 4.74 Å². The highest BCUT2D eigenvalue weighted by Gasteiger charge is 2.11. The number of allylic oxidation sites excluding steroid dienone is 1. The summed E-state index contributed by atoms with van der Waals surface area (Å²) >= 11 is 2.27. The molecule has 0 aromatic carbocycles. The third kappa shape index (κ3) is 4.64. The number of carbonyl (C=O) groups is 1. The summed E-state index contributed by atoms with van der Waals surface area (Å²) in [6.45, 7) is 0. The molecule has 0 fully saturated rings. The summed E-state index contributed by atoms with van der Waals surface area (Å²) in [5, 5.41) is 0. The Labute approximate surface area is 92.9 Å². The van der Waals surface area contributed by atoms with E-state index >= 15 is 0 Å². The molecule has 13 heavy (non-hydrogen) atoms. The van der Waals surface area contributed by atoms with Crippen LogP contribution >= 0.6 is 22.6 Å². The molecule has 0 N–H and O–H groups in total. The molecule has 74 valence electrons. The zero-order valence-electron chi connectivity index (χ0n) is 7.67. The second-order valence-corrected chi connectivity index (χ2v) is 4.13. The second-order valence-electron chi connectivity index (χ2n) is 3.25. The van der Waals surface area contributed by atoms with Gasteiger partial charge >= 0.3 is 5.97 Å². The van der Waals surface area contributed by atoms with Crippen LogP contribution in [0, 0.1) is 0 Å². The van der Waals surface area contributed by atoms with Gasteiger partial charge in [-0.1, -0.05) is 35.1 Å². The van der Waals surface area contributed by atoms with Crippen LogP contribution in [0.4, 0.5) is 0 Å². The number of halogens is 1. The highest BCUT2D eigenvalue weighted by atomic mass is 127. The van der Waals surface area contributed by atoms with Crippen molar-refractivity contribution >= 4 is 28.6 Å². The number of ether oxygens (including phenoxy) is 1. The molecule has 1 aliphatic rings. The van der Waals surface area contributed by atoms with Crippen molar-refractivity contribution in [3.63, 3.8) is 0 Å². The van der Waals surface area contributed by atoms with Crippen LogP contribution in [0.5, 0.6) is 0 Å². The third-order valence-electron chi connectivity index (χ3n) is 2.11. The molecular formula is C10H15IO2. The highest BCUT2D eigenvalue weighted by Crippen LogP contribution is 2.13. The first-order chi connectivity index (χ1) is 6.33. The first-order valence-corrected chi connectivity index (χ1v) is 6.28. The summed E-state index contributed by atoms with van der Waals surface area (Å²) in [5.74, 6) is -0.177. The molecule has 2 nitrogen and oxygen atoms in total. The zero-order chi connectivity index (χ0) is 9.52. The van der Waals surface area contributed by atoms with Crippen molar-refractivity contribution in [2.24, 2.45) is 0 Å². The fourth-order valence-electron chi connectivity index (χ4n) is 1.36. The highest BCUT2D eigenvalue weighted by molar-refractivity contribution is 14.1. The number of alkyl halides is 1. The van der Waals surface area contributed by atoms with E-state index in [1.165, 1.54) is 19.3 Å². The molecule has 1 aliphatic heterocycles. The van der Waals surface area contributed by atoms with E-state index in [9.17, 15) is 4.79 Å². The van der Waals surface area contributed by atoms with Gasteiger partial charge in [0.25, 0.3) is 0 Å². The van der Waals surface area contributed by atoms with Crippen molar-refractivity contribution < 1.29 is 9.53 Å². The van der Waals surface area contributed by atoms with Crippen molar-refractivity contribution in [3.05, 3.63) is 12.2 Å². The fourth-order valence-corrected chi connectivity index (χ4v) is 1.98. The van der Waals surface area contributed by atoms with Gasteiger partial charge in [0.1, 0.15) is 6.10 Å². The SMILES string of the molecule is O=C1/C=C/CCCCCC(CI)O1. The average Bonchev–Trinajstić information content (AvgIpc) is 2.15. The van der Waals surface area contributed by atoms with Gasteiger partial charge in [-0.25, -0.2) is 4.79 Å². The predicted molar refractivity (Wildman–Crippen MR) is 61.0 cm³/mol. The van der Waals surface area contributed by atoms with Crippen LogP contribution in [0.15, 0.2) is 12.2 Å². The molecule has 1 heterocycles. The quantitative estimate of drug-likeness (QED) is 0.422. The van der Waals surface area contributed by atoms with Crippen LogP contribution in [0.25, 0.3) is 0 Å². The summed E-state index contributed by atoms with van der Waals surface area (Å²) < 4.78 is 6.14. The van der Waals surface area contributed by atoms with E-state index in [1.54, 1.807) is 6.08 Å². The number of cyclic esters (lactones) is 1. The molecular weight excluding hydrogens is 279 g/mol. The molecule has 0 radical (unpaired) electrons. The van der Waals surface area contributed by atoms with Crippen LogP contribution in [-0.2, 0) is 9.53 Å². The Morgan fingerprint density at radius 2 is 2.31 bits per heavy atom. The number of hydrogen-bond acceptors (Lipinski definition) is 2. The molecule has 0 spiro atoms. The molecule has 3 heteroatoms. The standard InChI is InChI=1S/C10H15IO2/c11-8-9-6-4-2-1-3-5-7-10(12)13-9/h5,7,9H,1-4,6,8H2/b7-5+. The smallest absolute Gasteiger partial charge is 0.330 e. The van der Waals surface area contributed by atoms with Crippen molar-refractivity contribution in [2.45, 2.75) is 38.2 Å². The Bertz CT molecular complexity index is 189. The lowest BCUT2D eigenvalue weighted by Gasteiger charge is -2.14. The van der Waals surface area contributed by atoms with Crippen molar-refractivity contribution in [1.29, 1.82) is 0 Å². The van der Waals surface area contributed by atoms with Gasteiger partial charge in [0.2, 0.25) is 0 Å². The van der Waals surface area contributed by atoms with Crippen molar-refractivity contribution in [1.82, 2.24) is 0 Å². The molecule has 1 rings (SSSR count). The topological polar surface area (TPSA) is 26.3 Å². The molecule has 0 aromatic rings. The Morgan fingerprint density at radius 3 is 3.08 bits per heavy atom. The number of carbonyl (C=O) groups excluding carboxylic acids is 1. The van der Waals surface area contributed by atoms with E-state index in [0.29, 0.717) is 0 Å². The van der Waals surface area contributed by atoms with Gasteiger partial charge < -0.3 is 4.74 Å². The van der Waals surface area contributed by atoms with E-state index in [2.05, 4.69) is 22.6 Å². The van der Waals surface area contributed by atoms with Crippen molar-refractivity contribution in [3.8, 4) is 0 Å². The monoisotopic (exact) mass is 294 g/mol. The lowest BCUT2D eigenvalue weighted by atomic mass is 10.1. The Hall–Kier alpha value is -0.0600. The van der Waals surface area contributed by atoms with Gasteiger partial charge in [0.15, 0.2) is 0 Å². The average molecular weight is 294 g/mol. The van der Waals surface area contributed by atoms with Crippen LogP contribution in [0.2, 0.25) is 0 Å². The molecule has 1 atom stereocenters. The zero-order valence-corrected chi connectivity index (χ0v) is 9.83. The van der Waals surface area contributed by atoms with Crippen LogP contribution < -0.4 is 0 Å². The fraction of sp³-hybridized carbons (Fsp3) is 0.700. The number of esters is 1. The van der Waals surface area contributed by atoms with Gasteiger partial charge in [-0.05, 0) is 25.7 Å². The largest absolute Gasteiger partial charge is 0.458 e. The number of rotatable bonds is 1. The molecule has 0 aliphatic carbocycles. The first-order valence-electron chi connectivity index (χ1n) is 4.76. The second kappa shape index (κ2) is 6.40. The first kappa shape index (κ1) is 11.0. The maximum atomic E-state index is 11.2. The lowest BCUT2D eigenvalue weighted by molar-refractivity contribution is -0.142. The molecule has 1 unspecified atom stereocenters. The summed E-state index contributed by atoms with van der Waals surface area (Å²) in [4.78, 5) is 11.2. The van der Waals surface area contributed by atoms with Crippen LogP contribution in [0.1, 0.15) is 32.1 Å². The Balaban J connectivity index is 2.46. The van der Waals surface area contributed by atoms with Gasteiger partial charge in [0.05, 0.1) is 0 Å². The minimum atomic E-state index is -0.177. The maximum Gasteiger partial charge on any atom is 0.330 e. The van der Waals surface area contributed by atoms with Gasteiger partial charge in [-0.3, -0.25) is 0 Å². The minimum Gasteiger partial charge on any atom is -0.458 e. The molecule has 0 amide bonds. The summed E-state index contributed by atoms with van der Waals surface area (Å²) in [5.41, 5.74) is 0.